The van der Waals surface area contributed by atoms with Crippen LogP contribution in [0.5, 0.6) is 0 Å². The van der Waals surface area contributed by atoms with Crippen LogP contribution in [0.2, 0.25) is 0 Å². The lowest BCUT2D eigenvalue weighted by molar-refractivity contribution is 0.136. The number of aromatic nitrogens is 4. The molecule has 0 aromatic carbocycles. The summed E-state index contributed by atoms with van der Waals surface area (Å²) in [4.78, 5) is 11.9. The second kappa shape index (κ2) is 7.68. The van der Waals surface area contributed by atoms with Gasteiger partial charge in [-0.3, -0.25) is 15.0 Å². The number of fused-ring (bicyclic) bond motifs is 3. The maximum absolute atomic E-state index is 8.94. The van der Waals surface area contributed by atoms with Crippen molar-refractivity contribution in [3.8, 4) is 6.07 Å². The van der Waals surface area contributed by atoms with Gasteiger partial charge < -0.3 is 10.6 Å². The molecule has 2 bridgehead atoms. The van der Waals surface area contributed by atoms with Crippen LogP contribution in [0.25, 0.3) is 10.9 Å². The van der Waals surface area contributed by atoms with Gasteiger partial charge in [0.05, 0.1) is 17.8 Å². The summed E-state index contributed by atoms with van der Waals surface area (Å²) in [5.74, 6) is 2.40. The molecule has 3 aromatic heterocycles. The van der Waals surface area contributed by atoms with E-state index in [1.807, 2.05) is 18.2 Å². The summed E-state index contributed by atoms with van der Waals surface area (Å²) in [7, 11) is 0. The SMILES string of the molecule is N#CCCN1[C@@H]2CC[C@H]1CC(Nc1nc(Nc3ccn[nH]3)cc3ncccc13)C2. The van der Waals surface area contributed by atoms with E-state index in [0.29, 0.717) is 24.5 Å². The van der Waals surface area contributed by atoms with E-state index in [1.165, 1.54) is 12.8 Å². The van der Waals surface area contributed by atoms with Crippen LogP contribution in [-0.2, 0) is 0 Å². The number of rotatable bonds is 6. The van der Waals surface area contributed by atoms with Crippen molar-refractivity contribution in [3.05, 3.63) is 36.7 Å². The molecule has 148 valence electrons. The third-order valence-electron chi connectivity index (χ3n) is 6.07. The average molecular weight is 388 g/mol. The highest BCUT2D eigenvalue weighted by Crippen LogP contribution is 2.37. The number of anilines is 3. The first kappa shape index (κ1) is 17.9. The first-order valence-corrected chi connectivity index (χ1v) is 10.2. The zero-order valence-corrected chi connectivity index (χ0v) is 16.2. The van der Waals surface area contributed by atoms with Crippen molar-refractivity contribution in [2.24, 2.45) is 0 Å². The van der Waals surface area contributed by atoms with E-state index in [4.69, 9.17) is 10.2 Å². The average Bonchev–Trinajstić information content (AvgIpc) is 3.32. The molecule has 3 N–H and O–H groups in total. The maximum Gasteiger partial charge on any atom is 0.138 e. The monoisotopic (exact) mass is 388 g/mol. The number of nitrogens with one attached hydrogen (secondary N) is 3. The molecule has 0 saturated carbocycles. The number of hydrogen-bond donors (Lipinski definition) is 3. The molecular formula is C21H24N8. The normalized spacial score (nSPS) is 23.8. The van der Waals surface area contributed by atoms with E-state index in [1.54, 1.807) is 12.4 Å². The van der Waals surface area contributed by atoms with Crippen LogP contribution in [0.4, 0.5) is 17.5 Å². The molecule has 0 aliphatic carbocycles. The molecule has 1 unspecified atom stereocenters. The molecule has 2 aliphatic heterocycles. The van der Waals surface area contributed by atoms with Crippen molar-refractivity contribution in [3.63, 3.8) is 0 Å². The number of aromatic amines is 1. The molecule has 29 heavy (non-hydrogen) atoms. The number of hydrogen-bond acceptors (Lipinski definition) is 7. The zero-order valence-electron chi connectivity index (χ0n) is 16.2. The number of pyridine rings is 2. The van der Waals surface area contributed by atoms with Gasteiger partial charge in [-0.1, -0.05) is 0 Å². The van der Waals surface area contributed by atoms with Crippen molar-refractivity contribution in [1.29, 1.82) is 5.26 Å². The van der Waals surface area contributed by atoms with Gasteiger partial charge in [-0.25, -0.2) is 4.98 Å². The number of H-pyrrole nitrogens is 1. The molecule has 0 radical (unpaired) electrons. The largest absolute Gasteiger partial charge is 0.367 e. The summed E-state index contributed by atoms with van der Waals surface area (Å²) < 4.78 is 0. The molecule has 2 fully saturated rings. The Morgan fingerprint density at radius 2 is 2.07 bits per heavy atom. The molecule has 2 saturated heterocycles. The third-order valence-corrected chi connectivity index (χ3v) is 6.07. The van der Waals surface area contributed by atoms with Gasteiger partial charge in [0.15, 0.2) is 0 Å². The second-order valence-electron chi connectivity index (χ2n) is 7.87. The van der Waals surface area contributed by atoms with E-state index in [2.05, 4.69) is 42.9 Å². The van der Waals surface area contributed by atoms with Gasteiger partial charge in [-0.2, -0.15) is 10.4 Å². The van der Waals surface area contributed by atoms with Crippen molar-refractivity contribution in [2.45, 2.75) is 50.2 Å². The first-order valence-electron chi connectivity index (χ1n) is 10.2. The molecule has 2 aliphatic rings. The molecule has 0 spiro atoms. The third kappa shape index (κ3) is 3.61. The van der Waals surface area contributed by atoms with Gasteiger partial charge in [-0.15, -0.1) is 0 Å². The second-order valence-corrected chi connectivity index (χ2v) is 7.87. The Hall–Kier alpha value is -3.18. The van der Waals surface area contributed by atoms with Crippen LogP contribution in [0.1, 0.15) is 32.1 Å². The zero-order chi connectivity index (χ0) is 19.6. The highest BCUT2D eigenvalue weighted by Gasteiger charge is 2.40. The molecule has 5 heterocycles. The van der Waals surface area contributed by atoms with E-state index in [0.717, 1.165) is 47.7 Å². The summed E-state index contributed by atoms with van der Waals surface area (Å²) in [5, 5.41) is 23.8. The molecule has 5 rings (SSSR count). The number of nitriles is 1. The van der Waals surface area contributed by atoms with Gasteiger partial charge in [0.1, 0.15) is 17.5 Å². The van der Waals surface area contributed by atoms with Crippen molar-refractivity contribution in [1.82, 2.24) is 25.1 Å². The molecule has 8 nitrogen and oxygen atoms in total. The Morgan fingerprint density at radius 1 is 1.21 bits per heavy atom. The summed E-state index contributed by atoms with van der Waals surface area (Å²) >= 11 is 0. The Bertz CT molecular complexity index is 1010. The first-order chi connectivity index (χ1) is 14.3. The van der Waals surface area contributed by atoms with Crippen LogP contribution < -0.4 is 10.6 Å². The smallest absolute Gasteiger partial charge is 0.138 e. The van der Waals surface area contributed by atoms with Crippen LogP contribution in [0, 0.1) is 11.3 Å². The van der Waals surface area contributed by atoms with E-state index in [-0.39, 0.29) is 0 Å². The Labute approximate surface area is 169 Å². The fourth-order valence-corrected chi connectivity index (χ4v) is 4.84. The van der Waals surface area contributed by atoms with Crippen molar-refractivity contribution in [2.75, 3.05) is 17.2 Å². The van der Waals surface area contributed by atoms with Crippen molar-refractivity contribution < 1.29 is 0 Å². The Morgan fingerprint density at radius 3 is 2.83 bits per heavy atom. The van der Waals surface area contributed by atoms with Gasteiger partial charge in [0, 0.05) is 54.8 Å². The fraction of sp³-hybridized carbons (Fsp3) is 0.429. The Kier molecular flexibility index (Phi) is 4.74. The molecular weight excluding hydrogens is 364 g/mol. The summed E-state index contributed by atoms with van der Waals surface area (Å²) in [6.45, 7) is 0.896. The highest BCUT2D eigenvalue weighted by atomic mass is 15.2. The van der Waals surface area contributed by atoms with Crippen molar-refractivity contribution >= 4 is 28.4 Å². The van der Waals surface area contributed by atoms with Gasteiger partial charge >= 0.3 is 0 Å². The van der Waals surface area contributed by atoms with E-state index in [9.17, 15) is 0 Å². The molecule has 3 atom stereocenters. The predicted octanol–water partition coefficient (Wildman–Crippen LogP) is 3.42. The molecule has 0 amide bonds. The van der Waals surface area contributed by atoms with E-state index >= 15 is 0 Å². The molecule has 8 heteroatoms. The van der Waals surface area contributed by atoms with Crippen LogP contribution in [0.3, 0.4) is 0 Å². The lowest BCUT2D eigenvalue weighted by Crippen LogP contribution is -2.47. The molecule has 3 aromatic rings. The van der Waals surface area contributed by atoms with Crippen LogP contribution in [0.15, 0.2) is 36.7 Å². The minimum atomic E-state index is 0.379. The highest BCUT2D eigenvalue weighted by molar-refractivity contribution is 5.91. The Balaban J connectivity index is 1.38. The summed E-state index contributed by atoms with van der Waals surface area (Å²) in [5.41, 5.74) is 0.904. The number of piperidine rings is 1. The standard InChI is InChI=1S/C21H24N8/c22-7-2-10-29-15-4-5-16(29)12-14(11-15)25-21-17-3-1-8-23-18(17)13-20(27-21)26-19-6-9-24-28-19/h1,3,6,8-9,13-16H,2,4-5,10-12H2,(H3,24,25,26,27,28)/t14?,15-,16+. The van der Waals surface area contributed by atoms with Gasteiger partial charge in [0.25, 0.3) is 0 Å². The van der Waals surface area contributed by atoms with Gasteiger partial charge in [0.2, 0.25) is 0 Å². The lowest BCUT2D eigenvalue weighted by Gasteiger charge is -2.39. The summed E-state index contributed by atoms with van der Waals surface area (Å²) in [6, 6.07) is 11.6. The lowest BCUT2D eigenvalue weighted by atomic mass is 9.97. The minimum Gasteiger partial charge on any atom is -0.367 e. The van der Waals surface area contributed by atoms with Gasteiger partial charge in [-0.05, 0) is 37.8 Å². The fourth-order valence-electron chi connectivity index (χ4n) is 4.84. The van der Waals surface area contributed by atoms with E-state index < -0.39 is 0 Å². The van der Waals surface area contributed by atoms with Crippen LogP contribution in [-0.4, -0.2) is 49.7 Å². The maximum atomic E-state index is 8.94. The minimum absolute atomic E-state index is 0.379. The summed E-state index contributed by atoms with van der Waals surface area (Å²) in [6.07, 6.45) is 8.75. The topological polar surface area (TPSA) is 106 Å². The number of nitrogens with zero attached hydrogens (tertiary/aromatic N) is 5. The predicted molar refractivity (Wildman–Crippen MR) is 112 cm³/mol. The van der Waals surface area contributed by atoms with Crippen LogP contribution >= 0.6 is 0 Å². The quantitative estimate of drug-likeness (QED) is 0.594.